The molecule has 24 heavy (non-hydrogen) atoms. The SMILES string of the molecule is CC[C@H](OC)C(C)(O)C[C@@H]1CC[C@@H]2[C@H](CC[C@]3(C)C(=O)CC[C@@H]23)C1. The predicted octanol–water partition coefficient (Wildman–Crippen LogP) is 4.36. The fourth-order valence-corrected chi connectivity index (χ4v) is 6.60. The lowest BCUT2D eigenvalue weighted by atomic mass is 9.55. The van der Waals surface area contributed by atoms with Crippen LogP contribution in [0.25, 0.3) is 0 Å². The van der Waals surface area contributed by atoms with Crippen LogP contribution in [0.3, 0.4) is 0 Å². The van der Waals surface area contributed by atoms with E-state index in [-0.39, 0.29) is 11.5 Å². The zero-order chi connectivity index (χ0) is 17.5. The Balaban J connectivity index is 1.63. The Morgan fingerprint density at radius 2 is 2.08 bits per heavy atom. The van der Waals surface area contributed by atoms with Crippen molar-refractivity contribution in [3.8, 4) is 0 Å². The maximum Gasteiger partial charge on any atom is 0.139 e. The Hall–Kier alpha value is -0.410. The van der Waals surface area contributed by atoms with Crippen LogP contribution in [0.4, 0.5) is 0 Å². The Bertz CT molecular complexity index is 468. The standard InChI is InChI=1S/C21H36O3/c1-5-19(24-4)21(3,23)13-14-6-7-16-15(12-14)10-11-20(2)17(16)8-9-18(20)22/h14-17,19,23H,5-13H2,1-4H3/t14-,15-,16-,17+,19+,20+,21?/m1/s1. The van der Waals surface area contributed by atoms with Crippen molar-refractivity contribution in [2.24, 2.45) is 29.1 Å². The molecule has 0 spiro atoms. The van der Waals surface area contributed by atoms with Crippen LogP contribution in [0.5, 0.6) is 0 Å². The summed E-state index contributed by atoms with van der Waals surface area (Å²) in [4.78, 5) is 12.4. The second kappa shape index (κ2) is 6.72. The van der Waals surface area contributed by atoms with E-state index in [0.717, 1.165) is 43.9 Å². The number of fused-ring (bicyclic) bond motifs is 3. The Labute approximate surface area is 147 Å². The van der Waals surface area contributed by atoms with Gasteiger partial charge >= 0.3 is 0 Å². The minimum Gasteiger partial charge on any atom is -0.387 e. The van der Waals surface area contributed by atoms with E-state index in [4.69, 9.17) is 4.74 Å². The van der Waals surface area contributed by atoms with E-state index in [2.05, 4.69) is 13.8 Å². The van der Waals surface area contributed by atoms with Gasteiger partial charge < -0.3 is 9.84 Å². The van der Waals surface area contributed by atoms with E-state index in [1.54, 1.807) is 7.11 Å². The Morgan fingerprint density at radius 3 is 2.75 bits per heavy atom. The summed E-state index contributed by atoms with van der Waals surface area (Å²) in [6.07, 6.45) is 9.57. The summed E-state index contributed by atoms with van der Waals surface area (Å²) in [6.45, 7) is 6.27. The molecule has 0 bridgehead atoms. The smallest absolute Gasteiger partial charge is 0.139 e. The highest BCUT2D eigenvalue weighted by Crippen LogP contribution is 2.58. The molecule has 1 N–H and O–H groups in total. The number of ketones is 1. The van der Waals surface area contributed by atoms with Gasteiger partial charge in [0.15, 0.2) is 0 Å². The molecule has 0 heterocycles. The van der Waals surface area contributed by atoms with E-state index < -0.39 is 5.60 Å². The number of hydrogen-bond acceptors (Lipinski definition) is 3. The third kappa shape index (κ3) is 3.07. The van der Waals surface area contributed by atoms with Crippen molar-refractivity contribution < 1.29 is 14.6 Å². The van der Waals surface area contributed by atoms with Crippen molar-refractivity contribution in [3.63, 3.8) is 0 Å². The van der Waals surface area contributed by atoms with Gasteiger partial charge in [0.05, 0.1) is 11.7 Å². The first-order valence-electron chi connectivity index (χ1n) is 10.1. The number of hydrogen-bond donors (Lipinski definition) is 1. The maximum absolute atomic E-state index is 12.4. The van der Waals surface area contributed by atoms with Gasteiger partial charge in [-0.2, -0.15) is 0 Å². The van der Waals surface area contributed by atoms with Crippen molar-refractivity contribution in [1.29, 1.82) is 0 Å². The molecule has 3 aliphatic carbocycles. The number of carbonyl (C=O) groups is 1. The number of ether oxygens (including phenoxy) is 1. The second-order valence-corrected chi connectivity index (χ2v) is 9.32. The molecule has 0 aromatic heterocycles. The van der Waals surface area contributed by atoms with E-state index >= 15 is 0 Å². The minimum absolute atomic E-state index is 0.0111. The van der Waals surface area contributed by atoms with Crippen molar-refractivity contribution in [2.75, 3.05) is 7.11 Å². The van der Waals surface area contributed by atoms with Gasteiger partial charge in [-0.1, -0.05) is 20.3 Å². The molecule has 1 unspecified atom stereocenters. The topological polar surface area (TPSA) is 46.5 Å². The van der Waals surface area contributed by atoms with Gasteiger partial charge in [-0.05, 0) is 75.5 Å². The Kier molecular flexibility index (Phi) is 5.15. The highest BCUT2D eigenvalue weighted by atomic mass is 16.5. The van der Waals surface area contributed by atoms with Crippen LogP contribution in [0.1, 0.15) is 78.6 Å². The molecule has 0 aromatic rings. The van der Waals surface area contributed by atoms with Gasteiger partial charge in [0, 0.05) is 18.9 Å². The molecule has 3 fully saturated rings. The number of carbonyl (C=O) groups excluding carboxylic acids is 1. The molecule has 0 aromatic carbocycles. The average molecular weight is 337 g/mol. The molecule has 0 saturated heterocycles. The molecular weight excluding hydrogens is 300 g/mol. The monoisotopic (exact) mass is 336 g/mol. The van der Waals surface area contributed by atoms with Crippen molar-refractivity contribution >= 4 is 5.78 Å². The molecule has 3 aliphatic rings. The van der Waals surface area contributed by atoms with Crippen molar-refractivity contribution in [3.05, 3.63) is 0 Å². The van der Waals surface area contributed by atoms with Crippen LogP contribution >= 0.6 is 0 Å². The molecule has 0 radical (unpaired) electrons. The van der Waals surface area contributed by atoms with Crippen LogP contribution in [0.15, 0.2) is 0 Å². The number of rotatable bonds is 5. The van der Waals surface area contributed by atoms with Crippen LogP contribution in [-0.2, 0) is 9.53 Å². The largest absolute Gasteiger partial charge is 0.387 e. The molecular formula is C21H36O3. The maximum atomic E-state index is 12.4. The number of aliphatic hydroxyl groups is 1. The summed E-state index contributed by atoms with van der Waals surface area (Å²) in [5.41, 5.74) is -0.740. The molecule has 3 saturated carbocycles. The summed E-state index contributed by atoms with van der Waals surface area (Å²) >= 11 is 0. The predicted molar refractivity (Wildman–Crippen MR) is 95.7 cm³/mol. The van der Waals surface area contributed by atoms with Gasteiger partial charge in [-0.3, -0.25) is 4.79 Å². The normalized spacial score (nSPS) is 43.0. The first-order valence-corrected chi connectivity index (χ1v) is 10.1. The van der Waals surface area contributed by atoms with Crippen LogP contribution in [0, 0.1) is 29.1 Å². The van der Waals surface area contributed by atoms with Gasteiger partial charge in [0.2, 0.25) is 0 Å². The quantitative estimate of drug-likeness (QED) is 0.811. The van der Waals surface area contributed by atoms with Crippen LogP contribution < -0.4 is 0 Å². The molecule has 138 valence electrons. The molecule has 0 amide bonds. The van der Waals surface area contributed by atoms with Gasteiger partial charge in [0.1, 0.15) is 5.78 Å². The molecule has 3 heteroatoms. The van der Waals surface area contributed by atoms with E-state index in [1.807, 2.05) is 6.92 Å². The lowest BCUT2D eigenvalue weighted by Gasteiger charge is -2.50. The van der Waals surface area contributed by atoms with Gasteiger partial charge in [-0.25, -0.2) is 0 Å². The lowest BCUT2D eigenvalue weighted by molar-refractivity contribution is -0.131. The fraction of sp³-hybridized carbons (Fsp3) is 0.952. The van der Waals surface area contributed by atoms with Crippen molar-refractivity contribution in [2.45, 2.75) is 90.3 Å². The van der Waals surface area contributed by atoms with Gasteiger partial charge in [-0.15, -0.1) is 0 Å². The van der Waals surface area contributed by atoms with Gasteiger partial charge in [0.25, 0.3) is 0 Å². The number of Topliss-reactive ketones (excluding diaryl/α,β-unsaturated/α-hetero) is 1. The van der Waals surface area contributed by atoms with Crippen LogP contribution in [0.2, 0.25) is 0 Å². The van der Waals surface area contributed by atoms with Crippen LogP contribution in [-0.4, -0.2) is 29.7 Å². The highest BCUT2D eigenvalue weighted by Gasteiger charge is 2.54. The summed E-state index contributed by atoms with van der Waals surface area (Å²) in [6, 6.07) is 0. The third-order valence-corrected chi connectivity index (χ3v) is 7.89. The summed E-state index contributed by atoms with van der Waals surface area (Å²) in [5, 5.41) is 10.9. The molecule has 3 nitrogen and oxygen atoms in total. The minimum atomic E-state index is -0.729. The summed E-state index contributed by atoms with van der Waals surface area (Å²) in [5.74, 6) is 3.29. The first-order chi connectivity index (χ1) is 11.3. The van der Waals surface area contributed by atoms with E-state index in [9.17, 15) is 9.90 Å². The first kappa shape index (κ1) is 18.4. The zero-order valence-corrected chi connectivity index (χ0v) is 16.0. The lowest BCUT2D eigenvalue weighted by Crippen LogP contribution is -2.46. The highest BCUT2D eigenvalue weighted by molar-refractivity contribution is 5.87. The van der Waals surface area contributed by atoms with Crippen molar-refractivity contribution in [1.82, 2.24) is 0 Å². The average Bonchev–Trinajstić information content (AvgIpc) is 2.83. The Morgan fingerprint density at radius 1 is 1.33 bits per heavy atom. The second-order valence-electron chi connectivity index (χ2n) is 9.32. The zero-order valence-electron chi connectivity index (χ0n) is 16.0. The fourth-order valence-electron chi connectivity index (χ4n) is 6.60. The molecule has 3 rings (SSSR count). The third-order valence-electron chi connectivity index (χ3n) is 7.89. The van der Waals surface area contributed by atoms with E-state index in [0.29, 0.717) is 17.6 Å². The number of methoxy groups -OCH3 is 1. The molecule has 0 aliphatic heterocycles. The summed E-state index contributed by atoms with van der Waals surface area (Å²) in [7, 11) is 1.71. The van der Waals surface area contributed by atoms with E-state index in [1.165, 1.54) is 25.7 Å². The summed E-state index contributed by atoms with van der Waals surface area (Å²) < 4.78 is 5.51. The molecule has 7 atom stereocenters.